The number of hydrogen-bond donors (Lipinski definition) is 1. The lowest BCUT2D eigenvalue weighted by Gasteiger charge is -2.25. The summed E-state index contributed by atoms with van der Waals surface area (Å²) in [6.07, 6.45) is -0.534. The Morgan fingerprint density at radius 3 is 2.33 bits per heavy atom. The molecule has 0 saturated carbocycles. The van der Waals surface area contributed by atoms with Crippen molar-refractivity contribution in [1.82, 2.24) is 0 Å². The largest absolute Gasteiger partial charge is 0.494 e. The number of methoxy groups -OCH3 is 1. The van der Waals surface area contributed by atoms with E-state index in [0.717, 1.165) is 7.11 Å². The maximum Gasteiger partial charge on any atom is 0.304 e. The van der Waals surface area contributed by atoms with Crippen LogP contribution in [0, 0.1) is 17.5 Å². The van der Waals surface area contributed by atoms with Gasteiger partial charge in [-0.3, -0.25) is 4.79 Å². The van der Waals surface area contributed by atoms with E-state index in [9.17, 15) is 18.0 Å². The van der Waals surface area contributed by atoms with Gasteiger partial charge >= 0.3 is 5.97 Å². The molecule has 1 rings (SSSR count). The highest BCUT2D eigenvalue weighted by Crippen LogP contribution is 2.36. The SMILES string of the molecule is COc1cc(F)c(F)c(C(C)(C)CC(=O)O)c1F. The van der Waals surface area contributed by atoms with Crippen molar-refractivity contribution in [3.05, 3.63) is 29.1 Å². The first-order valence-corrected chi connectivity index (χ1v) is 5.14. The maximum absolute atomic E-state index is 13.9. The van der Waals surface area contributed by atoms with Crippen molar-refractivity contribution in [3.63, 3.8) is 0 Å². The zero-order chi connectivity index (χ0) is 14.1. The van der Waals surface area contributed by atoms with E-state index < -0.39 is 46.6 Å². The molecule has 0 aromatic heterocycles. The molecule has 18 heavy (non-hydrogen) atoms. The van der Waals surface area contributed by atoms with Gasteiger partial charge in [-0.05, 0) is 0 Å². The number of halogens is 3. The molecule has 0 unspecified atom stereocenters. The third-order valence-electron chi connectivity index (χ3n) is 2.61. The fourth-order valence-electron chi connectivity index (χ4n) is 1.79. The highest BCUT2D eigenvalue weighted by atomic mass is 19.2. The molecule has 0 atom stereocenters. The maximum atomic E-state index is 13.9. The van der Waals surface area contributed by atoms with E-state index >= 15 is 0 Å². The number of hydrogen-bond acceptors (Lipinski definition) is 2. The van der Waals surface area contributed by atoms with Crippen molar-refractivity contribution in [1.29, 1.82) is 0 Å². The average molecular weight is 262 g/mol. The van der Waals surface area contributed by atoms with Crippen molar-refractivity contribution in [2.75, 3.05) is 7.11 Å². The molecule has 0 fully saturated rings. The molecule has 1 N–H and O–H groups in total. The molecule has 0 radical (unpaired) electrons. The number of rotatable bonds is 4. The van der Waals surface area contributed by atoms with Crippen LogP contribution in [0.5, 0.6) is 5.75 Å². The Bertz CT molecular complexity index is 484. The second kappa shape index (κ2) is 4.88. The molecular formula is C12H13F3O3. The molecule has 0 heterocycles. The van der Waals surface area contributed by atoms with Gasteiger partial charge in [0.1, 0.15) is 0 Å². The molecule has 1 aromatic carbocycles. The van der Waals surface area contributed by atoms with E-state index in [2.05, 4.69) is 4.74 Å². The van der Waals surface area contributed by atoms with Crippen LogP contribution in [0.4, 0.5) is 13.2 Å². The molecule has 0 aliphatic heterocycles. The van der Waals surface area contributed by atoms with E-state index in [4.69, 9.17) is 5.11 Å². The Labute approximate surface area is 102 Å². The quantitative estimate of drug-likeness (QED) is 0.849. The first-order valence-electron chi connectivity index (χ1n) is 5.14. The minimum Gasteiger partial charge on any atom is -0.494 e. The van der Waals surface area contributed by atoms with Gasteiger partial charge in [-0.2, -0.15) is 0 Å². The normalized spacial score (nSPS) is 11.4. The lowest BCUT2D eigenvalue weighted by Crippen LogP contribution is -2.25. The lowest BCUT2D eigenvalue weighted by molar-refractivity contribution is -0.138. The molecule has 1 aromatic rings. The molecule has 0 spiro atoms. The zero-order valence-corrected chi connectivity index (χ0v) is 10.2. The van der Waals surface area contributed by atoms with Gasteiger partial charge < -0.3 is 9.84 Å². The van der Waals surface area contributed by atoms with Gasteiger partial charge in [0.2, 0.25) is 0 Å². The minimum absolute atomic E-state index is 0.456. The smallest absolute Gasteiger partial charge is 0.304 e. The van der Waals surface area contributed by atoms with Crippen LogP contribution >= 0.6 is 0 Å². The van der Waals surface area contributed by atoms with Crippen LogP contribution in [-0.2, 0) is 10.2 Å². The molecule has 6 heteroatoms. The lowest BCUT2D eigenvalue weighted by atomic mass is 9.80. The van der Waals surface area contributed by atoms with Crippen LogP contribution in [0.25, 0.3) is 0 Å². The first-order chi connectivity index (χ1) is 8.20. The summed E-state index contributed by atoms with van der Waals surface area (Å²) in [5.74, 6) is -5.44. The van der Waals surface area contributed by atoms with Gasteiger partial charge in [0, 0.05) is 17.0 Å². The van der Waals surface area contributed by atoms with Gasteiger partial charge in [-0.25, -0.2) is 13.2 Å². The molecule has 0 bridgehead atoms. The highest BCUT2D eigenvalue weighted by molar-refractivity contribution is 5.69. The van der Waals surface area contributed by atoms with Crippen molar-refractivity contribution < 1.29 is 27.8 Å². The summed E-state index contributed by atoms with van der Waals surface area (Å²) in [5.41, 5.74) is -2.02. The second-order valence-corrected chi connectivity index (χ2v) is 4.52. The number of carboxylic acids is 1. The Balaban J connectivity index is 3.47. The third-order valence-corrected chi connectivity index (χ3v) is 2.61. The van der Waals surface area contributed by atoms with Crippen LogP contribution in [0.1, 0.15) is 25.8 Å². The summed E-state index contributed by atoms with van der Waals surface area (Å²) in [4.78, 5) is 10.7. The van der Waals surface area contributed by atoms with Crippen molar-refractivity contribution in [2.24, 2.45) is 0 Å². The standard InChI is InChI=1S/C12H13F3O3/c1-12(2,5-8(16)17)9-10(14)6(13)4-7(18-3)11(9)15/h4H,5H2,1-3H3,(H,16,17). The molecule has 100 valence electrons. The van der Waals surface area contributed by atoms with Gasteiger partial charge in [0.05, 0.1) is 13.5 Å². The Hall–Kier alpha value is -1.72. The molecule has 0 amide bonds. The van der Waals surface area contributed by atoms with E-state index in [-0.39, 0.29) is 0 Å². The monoisotopic (exact) mass is 262 g/mol. The minimum atomic E-state index is -1.39. The summed E-state index contributed by atoms with van der Waals surface area (Å²) in [5, 5.41) is 8.72. The fourth-order valence-corrected chi connectivity index (χ4v) is 1.79. The second-order valence-electron chi connectivity index (χ2n) is 4.52. The van der Waals surface area contributed by atoms with Crippen molar-refractivity contribution in [2.45, 2.75) is 25.7 Å². The van der Waals surface area contributed by atoms with Crippen LogP contribution < -0.4 is 4.74 Å². The van der Waals surface area contributed by atoms with E-state index in [1.165, 1.54) is 13.8 Å². The van der Waals surface area contributed by atoms with Crippen LogP contribution in [0.15, 0.2) is 6.07 Å². The van der Waals surface area contributed by atoms with Gasteiger partial charge in [0.25, 0.3) is 0 Å². The van der Waals surface area contributed by atoms with E-state index in [1.807, 2.05) is 0 Å². The van der Waals surface area contributed by atoms with Gasteiger partial charge in [-0.15, -0.1) is 0 Å². The summed E-state index contributed by atoms with van der Waals surface area (Å²) >= 11 is 0. The first kappa shape index (κ1) is 14.3. The fraction of sp³-hybridized carbons (Fsp3) is 0.417. The molecule has 0 aliphatic rings. The predicted octanol–water partition coefficient (Wildman–Crippen LogP) is 2.86. The highest BCUT2D eigenvalue weighted by Gasteiger charge is 2.34. The average Bonchev–Trinajstić information content (AvgIpc) is 2.21. The number of carboxylic acid groups (broad SMARTS) is 1. The van der Waals surface area contributed by atoms with E-state index in [1.54, 1.807) is 0 Å². The van der Waals surface area contributed by atoms with Crippen molar-refractivity contribution >= 4 is 5.97 Å². The van der Waals surface area contributed by atoms with Gasteiger partial charge in [-0.1, -0.05) is 13.8 Å². The molecule has 0 aliphatic carbocycles. The van der Waals surface area contributed by atoms with E-state index in [0.29, 0.717) is 6.07 Å². The van der Waals surface area contributed by atoms with Crippen LogP contribution in [-0.4, -0.2) is 18.2 Å². The number of carbonyl (C=O) groups is 1. The number of aliphatic carboxylic acids is 1. The predicted molar refractivity (Wildman–Crippen MR) is 58.1 cm³/mol. The molecule has 0 saturated heterocycles. The van der Waals surface area contributed by atoms with Gasteiger partial charge in [0.15, 0.2) is 23.2 Å². The number of benzene rings is 1. The molecule has 3 nitrogen and oxygen atoms in total. The van der Waals surface area contributed by atoms with Crippen molar-refractivity contribution in [3.8, 4) is 5.75 Å². The topological polar surface area (TPSA) is 46.5 Å². The third kappa shape index (κ3) is 2.57. The zero-order valence-electron chi connectivity index (χ0n) is 10.2. The summed E-state index contributed by atoms with van der Waals surface area (Å²) in [6, 6.07) is 0.588. The Kier molecular flexibility index (Phi) is 3.88. The van der Waals surface area contributed by atoms with Crippen LogP contribution in [0.2, 0.25) is 0 Å². The number of ether oxygens (including phenoxy) is 1. The Morgan fingerprint density at radius 1 is 1.33 bits per heavy atom. The summed E-state index contributed by atoms with van der Waals surface area (Å²) < 4.78 is 45.5. The summed E-state index contributed by atoms with van der Waals surface area (Å²) in [7, 11) is 1.11. The Morgan fingerprint density at radius 2 is 1.89 bits per heavy atom. The summed E-state index contributed by atoms with van der Waals surface area (Å²) in [6.45, 7) is 2.64. The van der Waals surface area contributed by atoms with Crippen LogP contribution in [0.3, 0.4) is 0 Å². The molecular weight excluding hydrogens is 249 g/mol.